The number of amides is 2. The van der Waals surface area contributed by atoms with Crippen molar-refractivity contribution in [3.8, 4) is 0 Å². The van der Waals surface area contributed by atoms with Crippen molar-refractivity contribution in [2.45, 2.75) is 26.4 Å². The number of rotatable bonds is 8. The number of aliphatic hydroxyl groups excluding tert-OH is 1. The summed E-state index contributed by atoms with van der Waals surface area (Å²) in [7, 11) is 0. The highest BCUT2D eigenvalue weighted by molar-refractivity contribution is 6.35. The molecule has 1 rings (SSSR count). The van der Waals surface area contributed by atoms with Crippen LogP contribution < -0.4 is 5.32 Å². The number of benzene rings is 1. The zero-order valence-corrected chi connectivity index (χ0v) is 13.1. The van der Waals surface area contributed by atoms with Crippen LogP contribution in [0, 0.1) is 0 Å². The van der Waals surface area contributed by atoms with Gasteiger partial charge in [0.2, 0.25) is 0 Å². The van der Waals surface area contributed by atoms with Gasteiger partial charge in [0.25, 0.3) is 0 Å². The van der Waals surface area contributed by atoms with Crippen molar-refractivity contribution in [1.82, 2.24) is 10.2 Å². The molecule has 0 aliphatic heterocycles. The molecule has 0 saturated carbocycles. The topological polar surface area (TPSA) is 78.9 Å². The quantitative estimate of drug-likeness (QED) is 0.543. The zero-order chi connectivity index (χ0) is 16.4. The van der Waals surface area contributed by atoms with Crippen molar-refractivity contribution >= 4 is 11.8 Å². The molecule has 0 aliphatic carbocycles. The first-order chi connectivity index (χ1) is 10.6. The molecule has 0 atom stereocenters. The van der Waals surface area contributed by atoms with Crippen molar-refractivity contribution in [1.29, 1.82) is 0 Å². The third kappa shape index (κ3) is 6.24. The lowest BCUT2D eigenvalue weighted by Crippen LogP contribution is -2.46. The molecule has 6 nitrogen and oxygen atoms in total. The minimum atomic E-state index is -0.641. The highest BCUT2D eigenvalue weighted by Gasteiger charge is 2.23. The monoisotopic (exact) mass is 308 g/mol. The highest BCUT2D eigenvalue weighted by Crippen LogP contribution is 2.08. The van der Waals surface area contributed by atoms with Crippen LogP contribution in [0.2, 0.25) is 0 Å². The van der Waals surface area contributed by atoms with E-state index in [1.54, 1.807) is 0 Å². The summed E-state index contributed by atoms with van der Waals surface area (Å²) in [6.07, 6.45) is 0. The average molecular weight is 308 g/mol. The molecular formula is C16H24N2O4. The van der Waals surface area contributed by atoms with Gasteiger partial charge in [-0.3, -0.25) is 9.59 Å². The fourth-order valence-electron chi connectivity index (χ4n) is 1.88. The molecule has 0 unspecified atom stereocenters. The van der Waals surface area contributed by atoms with Crippen molar-refractivity contribution in [3.05, 3.63) is 35.9 Å². The van der Waals surface area contributed by atoms with Gasteiger partial charge in [0.05, 0.1) is 19.8 Å². The van der Waals surface area contributed by atoms with Crippen LogP contribution in [0.5, 0.6) is 0 Å². The smallest absolute Gasteiger partial charge is 0.312 e. The Bertz CT molecular complexity index is 462. The van der Waals surface area contributed by atoms with E-state index in [4.69, 9.17) is 9.84 Å². The van der Waals surface area contributed by atoms with E-state index in [9.17, 15) is 9.59 Å². The van der Waals surface area contributed by atoms with Crippen molar-refractivity contribution in [3.63, 3.8) is 0 Å². The summed E-state index contributed by atoms with van der Waals surface area (Å²) in [6, 6.07) is 9.47. The molecule has 2 N–H and O–H groups in total. The molecule has 22 heavy (non-hydrogen) atoms. The first-order valence-electron chi connectivity index (χ1n) is 7.37. The van der Waals surface area contributed by atoms with E-state index in [-0.39, 0.29) is 32.4 Å². The normalized spacial score (nSPS) is 10.5. The van der Waals surface area contributed by atoms with Gasteiger partial charge in [-0.2, -0.15) is 0 Å². The Labute approximate surface area is 131 Å². The summed E-state index contributed by atoms with van der Waals surface area (Å²) in [5.41, 5.74) is 0.976. The highest BCUT2D eigenvalue weighted by atomic mass is 16.5. The first kappa shape index (κ1) is 18.1. The molecule has 0 saturated heterocycles. The predicted octanol–water partition coefficient (Wildman–Crippen LogP) is 0.549. The lowest BCUT2D eigenvalue weighted by molar-refractivity contribution is -0.147. The van der Waals surface area contributed by atoms with Gasteiger partial charge in [-0.05, 0) is 19.4 Å². The largest absolute Gasteiger partial charge is 0.394 e. The second kappa shape index (κ2) is 9.92. The van der Waals surface area contributed by atoms with Crippen molar-refractivity contribution in [2.24, 2.45) is 0 Å². The Hall–Kier alpha value is -1.92. The fraction of sp³-hybridized carbons (Fsp3) is 0.500. The van der Waals surface area contributed by atoms with E-state index in [1.165, 1.54) is 4.90 Å². The minimum absolute atomic E-state index is 0.0644. The van der Waals surface area contributed by atoms with Gasteiger partial charge in [-0.25, -0.2) is 0 Å². The van der Waals surface area contributed by atoms with Gasteiger partial charge in [-0.1, -0.05) is 30.3 Å². The Morgan fingerprint density at radius 3 is 2.50 bits per heavy atom. The predicted molar refractivity (Wildman–Crippen MR) is 83.0 cm³/mol. The zero-order valence-electron chi connectivity index (χ0n) is 13.1. The van der Waals surface area contributed by atoms with E-state index >= 15 is 0 Å². The molecule has 0 radical (unpaired) electrons. The third-order valence-electron chi connectivity index (χ3n) is 3.04. The summed E-state index contributed by atoms with van der Waals surface area (Å²) >= 11 is 0. The molecule has 0 heterocycles. The standard InChI is InChI=1S/C16H24N2O4/c1-13(2)18(12-14-6-4-3-5-7-14)16(21)15(20)17-8-10-22-11-9-19/h3-7,13,19H,8-12H2,1-2H3,(H,17,20). The number of hydrogen-bond acceptors (Lipinski definition) is 4. The van der Waals surface area contributed by atoms with Crippen LogP contribution in [0.15, 0.2) is 30.3 Å². The van der Waals surface area contributed by atoms with E-state index in [0.717, 1.165) is 5.56 Å². The third-order valence-corrected chi connectivity index (χ3v) is 3.04. The Kier molecular flexibility index (Phi) is 8.17. The number of nitrogens with zero attached hydrogens (tertiary/aromatic N) is 1. The van der Waals surface area contributed by atoms with Gasteiger partial charge in [0, 0.05) is 19.1 Å². The maximum absolute atomic E-state index is 12.2. The SMILES string of the molecule is CC(C)N(Cc1ccccc1)C(=O)C(=O)NCCOCCO. The average Bonchev–Trinajstić information content (AvgIpc) is 2.52. The molecule has 0 aromatic heterocycles. The molecule has 1 aromatic rings. The summed E-state index contributed by atoms with van der Waals surface area (Å²) in [4.78, 5) is 25.7. The Morgan fingerprint density at radius 1 is 1.23 bits per heavy atom. The molecule has 0 spiro atoms. The number of carbonyl (C=O) groups is 2. The lowest BCUT2D eigenvalue weighted by Gasteiger charge is -2.26. The van der Waals surface area contributed by atoms with Gasteiger partial charge in [0.1, 0.15) is 0 Å². The number of carbonyl (C=O) groups excluding carboxylic acids is 2. The van der Waals surface area contributed by atoms with Gasteiger partial charge >= 0.3 is 11.8 Å². The number of aliphatic hydroxyl groups is 1. The van der Waals surface area contributed by atoms with Gasteiger partial charge < -0.3 is 20.1 Å². The van der Waals surface area contributed by atoms with Crippen LogP contribution >= 0.6 is 0 Å². The van der Waals surface area contributed by atoms with Crippen LogP contribution in [0.3, 0.4) is 0 Å². The molecule has 122 valence electrons. The number of nitrogens with one attached hydrogen (secondary N) is 1. The summed E-state index contributed by atoms with van der Waals surface area (Å²) in [5, 5.41) is 11.1. The second-order valence-corrected chi connectivity index (χ2v) is 5.10. The summed E-state index contributed by atoms with van der Waals surface area (Å²) < 4.78 is 5.03. The molecule has 0 aliphatic rings. The molecule has 1 aromatic carbocycles. The van der Waals surface area contributed by atoms with Crippen LogP contribution in [0.25, 0.3) is 0 Å². The summed E-state index contributed by atoms with van der Waals surface area (Å²) in [5.74, 6) is -1.20. The van der Waals surface area contributed by atoms with E-state index in [2.05, 4.69) is 5.32 Å². The number of ether oxygens (including phenoxy) is 1. The van der Waals surface area contributed by atoms with E-state index in [0.29, 0.717) is 6.54 Å². The first-order valence-corrected chi connectivity index (χ1v) is 7.37. The lowest BCUT2D eigenvalue weighted by atomic mass is 10.2. The fourth-order valence-corrected chi connectivity index (χ4v) is 1.88. The summed E-state index contributed by atoms with van der Waals surface area (Å²) in [6.45, 7) is 4.80. The minimum Gasteiger partial charge on any atom is -0.394 e. The number of hydrogen-bond donors (Lipinski definition) is 2. The second-order valence-electron chi connectivity index (χ2n) is 5.10. The van der Waals surface area contributed by atoms with Gasteiger partial charge in [0.15, 0.2) is 0 Å². The van der Waals surface area contributed by atoms with Crippen LogP contribution in [-0.2, 0) is 20.9 Å². The Morgan fingerprint density at radius 2 is 1.91 bits per heavy atom. The van der Waals surface area contributed by atoms with Crippen LogP contribution in [-0.4, -0.2) is 54.2 Å². The maximum Gasteiger partial charge on any atom is 0.312 e. The molecule has 0 bridgehead atoms. The molecule has 2 amide bonds. The maximum atomic E-state index is 12.2. The van der Waals surface area contributed by atoms with Crippen LogP contribution in [0.4, 0.5) is 0 Å². The van der Waals surface area contributed by atoms with E-state index < -0.39 is 11.8 Å². The van der Waals surface area contributed by atoms with Crippen molar-refractivity contribution in [2.75, 3.05) is 26.4 Å². The molecule has 6 heteroatoms. The molecular weight excluding hydrogens is 284 g/mol. The van der Waals surface area contributed by atoms with Crippen LogP contribution in [0.1, 0.15) is 19.4 Å². The van der Waals surface area contributed by atoms with Crippen molar-refractivity contribution < 1.29 is 19.4 Å². The van der Waals surface area contributed by atoms with E-state index in [1.807, 2.05) is 44.2 Å². The van der Waals surface area contributed by atoms with Gasteiger partial charge in [-0.15, -0.1) is 0 Å². The molecule has 0 fully saturated rings. The Balaban J connectivity index is 2.52.